The minimum absolute atomic E-state index is 0.0416. The highest BCUT2D eigenvalue weighted by molar-refractivity contribution is 7.09. The van der Waals surface area contributed by atoms with Gasteiger partial charge in [0.25, 0.3) is 0 Å². The Kier molecular flexibility index (Phi) is 4.78. The minimum atomic E-state index is 0.0416. The zero-order chi connectivity index (χ0) is 11.3. The summed E-state index contributed by atoms with van der Waals surface area (Å²) < 4.78 is 0. The molecule has 0 saturated heterocycles. The quantitative estimate of drug-likeness (QED) is 0.826. The van der Waals surface area contributed by atoms with E-state index in [2.05, 4.69) is 11.4 Å². The normalized spacial score (nSPS) is 12.5. The number of amides is 1. The first-order valence-corrected chi connectivity index (χ1v) is 5.95. The first kappa shape index (κ1) is 12.2. The third-order valence-corrected chi connectivity index (χ3v) is 3.14. The predicted molar refractivity (Wildman–Crippen MR) is 63.9 cm³/mol. The molecule has 15 heavy (non-hydrogen) atoms. The van der Waals surface area contributed by atoms with Gasteiger partial charge in [-0.25, -0.2) is 0 Å². The van der Waals surface area contributed by atoms with Gasteiger partial charge in [-0.15, -0.1) is 11.3 Å². The van der Waals surface area contributed by atoms with E-state index in [4.69, 9.17) is 0 Å². The van der Waals surface area contributed by atoms with Gasteiger partial charge in [-0.3, -0.25) is 4.79 Å². The van der Waals surface area contributed by atoms with Crippen molar-refractivity contribution in [2.75, 3.05) is 20.6 Å². The first-order chi connectivity index (χ1) is 7.15. The number of hydrogen-bond acceptors (Lipinski definition) is 3. The number of nitrogens with zero attached hydrogens (tertiary/aromatic N) is 1. The summed E-state index contributed by atoms with van der Waals surface area (Å²) in [5, 5.41) is 5.05. The van der Waals surface area contributed by atoms with Crippen LogP contribution in [-0.4, -0.2) is 31.4 Å². The molecular weight excluding hydrogens is 208 g/mol. The summed E-state index contributed by atoms with van der Waals surface area (Å²) in [7, 11) is 3.72. The summed E-state index contributed by atoms with van der Waals surface area (Å²) in [6.45, 7) is 3.39. The fraction of sp³-hybridized carbons (Fsp3) is 0.545. The number of carbonyl (C=O) groups is 1. The smallest absolute Gasteiger partial charge is 0.226 e. The lowest BCUT2D eigenvalue weighted by atomic mass is 10.1. The molecule has 1 heterocycles. The van der Waals surface area contributed by atoms with E-state index in [0.29, 0.717) is 6.54 Å². The molecule has 1 atom stereocenters. The van der Waals surface area contributed by atoms with Crippen molar-refractivity contribution in [1.82, 2.24) is 10.2 Å². The summed E-state index contributed by atoms with van der Waals surface area (Å²) >= 11 is 1.68. The maximum Gasteiger partial charge on any atom is 0.226 e. The van der Waals surface area contributed by atoms with E-state index in [1.807, 2.05) is 32.5 Å². The molecule has 1 aromatic heterocycles. The lowest BCUT2D eigenvalue weighted by Gasteiger charge is -2.20. The molecule has 0 fully saturated rings. The molecule has 0 aliphatic carbocycles. The molecule has 0 aliphatic rings. The second-order valence-electron chi connectivity index (χ2n) is 3.73. The third-order valence-electron chi connectivity index (χ3n) is 2.28. The second kappa shape index (κ2) is 5.88. The molecule has 1 N–H and O–H groups in total. The third kappa shape index (κ3) is 3.64. The van der Waals surface area contributed by atoms with Gasteiger partial charge in [-0.05, 0) is 18.5 Å². The molecule has 0 saturated carbocycles. The van der Waals surface area contributed by atoms with Crippen LogP contribution in [0.3, 0.4) is 0 Å². The first-order valence-electron chi connectivity index (χ1n) is 5.07. The summed E-state index contributed by atoms with van der Waals surface area (Å²) in [4.78, 5) is 14.9. The number of nitrogens with one attached hydrogen (secondary N) is 1. The molecule has 4 heteroatoms. The van der Waals surface area contributed by atoms with Crippen LogP contribution in [0.5, 0.6) is 0 Å². The van der Waals surface area contributed by atoms with E-state index in [0.717, 1.165) is 6.54 Å². The minimum Gasteiger partial charge on any atom is -0.340 e. The lowest BCUT2D eigenvalue weighted by Crippen LogP contribution is -2.35. The number of rotatable bonds is 5. The van der Waals surface area contributed by atoms with Crippen molar-refractivity contribution < 1.29 is 4.79 Å². The van der Waals surface area contributed by atoms with Crippen molar-refractivity contribution in [2.45, 2.75) is 13.5 Å². The van der Waals surface area contributed by atoms with E-state index in [1.54, 1.807) is 16.2 Å². The van der Waals surface area contributed by atoms with Gasteiger partial charge in [0.05, 0.1) is 6.54 Å². The second-order valence-corrected chi connectivity index (χ2v) is 4.76. The fourth-order valence-electron chi connectivity index (χ4n) is 1.48. The Hall–Kier alpha value is -0.870. The monoisotopic (exact) mass is 226 g/mol. The Morgan fingerprint density at radius 2 is 2.40 bits per heavy atom. The molecule has 3 nitrogen and oxygen atoms in total. The Labute approximate surface area is 95.1 Å². The highest BCUT2D eigenvalue weighted by Gasteiger charge is 2.16. The summed E-state index contributed by atoms with van der Waals surface area (Å²) in [5.41, 5.74) is 0. The SMILES string of the molecule is CNCC(C)C(=O)N(C)Cc1cccs1. The molecule has 1 aromatic rings. The topological polar surface area (TPSA) is 32.3 Å². The van der Waals surface area contributed by atoms with Gasteiger partial charge < -0.3 is 10.2 Å². The van der Waals surface area contributed by atoms with E-state index >= 15 is 0 Å². The number of carbonyl (C=O) groups excluding carboxylic acids is 1. The van der Waals surface area contributed by atoms with Crippen LogP contribution in [0.15, 0.2) is 17.5 Å². The van der Waals surface area contributed by atoms with Gasteiger partial charge in [-0.2, -0.15) is 0 Å². The standard InChI is InChI=1S/C11H18N2OS/c1-9(7-12-2)11(14)13(3)8-10-5-4-6-15-10/h4-6,9,12H,7-8H2,1-3H3. The highest BCUT2D eigenvalue weighted by atomic mass is 32.1. The van der Waals surface area contributed by atoms with Gasteiger partial charge in [0.1, 0.15) is 0 Å². The molecule has 1 unspecified atom stereocenters. The highest BCUT2D eigenvalue weighted by Crippen LogP contribution is 2.12. The Balaban J connectivity index is 2.46. The molecule has 0 bridgehead atoms. The maximum atomic E-state index is 11.8. The van der Waals surface area contributed by atoms with Crippen LogP contribution >= 0.6 is 11.3 Å². The van der Waals surface area contributed by atoms with E-state index in [1.165, 1.54) is 4.88 Å². The van der Waals surface area contributed by atoms with Crippen LogP contribution in [0.1, 0.15) is 11.8 Å². The summed E-state index contributed by atoms with van der Waals surface area (Å²) in [5.74, 6) is 0.234. The molecule has 0 radical (unpaired) electrons. The Morgan fingerprint density at radius 1 is 1.67 bits per heavy atom. The fourth-order valence-corrected chi connectivity index (χ4v) is 2.24. The van der Waals surface area contributed by atoms with E-state index in [-0.39, 0.29) is 11.8 Å². The van der Waals surface area contributed by atoms with E-state index < -0.39 is 0 Å². The van der Waals surface area contributed by atoms with Crippen LogP contribution < -0.4 is 5.32 Å². The van der Waals surface area contributed by atoms with Gasteiger partial charge >= 0.3 is 0 Å². The Morgan fingerprint density at radius 3 is 2.93 bits per heavy atom. The zero-order valence-corrected chi connectivity index (χ0v) is 10.3. The largest absolute Gasteiger partial charge is 0.340 e. The summed E-state index contributed by atoms with van der Waals surface area (Å²) in [6.07, 6.45) is 0. The van der Waals surface area contributed by atoms with Gasteiger partial charge in [0.2, 0.25) is 5.91 Å². The molecule has 0 aliphatic heterocycles. The van der Waals surface area contributed by atoms with Crippen LogP contribution in [0.4, 0.5) is 0 Å². The number of hydrogen-bond donors (Lipinski definition) is 1. The van der Waals surface area contributed by atoms with Crippen molar-refractivity contribution in [2.24, 2.45) is 5.92 Å². The Bertz CT molecular complexity index is 298. The van der Waals surface area contributed by atoms with Crippen molar-refractivity contribution in [3.05, 3.63) is 22.4 Å². The molecule has 1 amide bonds. The lowest BCUT2D eigenvalue weighted by molar-refractivity contribution is -0.134. The molecular formula is C11H18N2OS. The molecule has 84 valence electrons. The molecule has 1 rings (SSSR count). The van der Waals surface area contributed by atoms with Crippen LogP contribution in [0.2, 0.25) is 0 Å². The summed E-state index contributed by atoms with van der Waals surface area (Å²) in [6, 6.07) is 4.06. The number of thiophene rings is 1. The van der Waals surface area contributed by atoms with Crippen LogP contribution in [0, 0.1) is 5.92 Å². The van der Waals surface area contributed by atoms with Crippen molar-refractivity contribution in [3.8, 4) is 0 Å². The predicted octanol–water partition coefficient (Wildman–Crippen LogP) is 1.56. The molecule has 0 aromatic carbocycles. The molecule has 0 spiro atoms. The zero-order valence-electron chi connectivity index (χ0n) is 9.49. The van der Waals surface area contributed by atoms with Crippen molar-refractivity contribution in [1.29, 1.82) is 0 Å². The average molecular weight is 226 g/mol. The van der Waals surface area contributed by atoms with Gasteiger partial charge in [-0.1, -0.05) is 13.0 Å². The van der Waals surface area contributed by atoms with Crippen molar-refractivity contribution in [3.63, 3.8) is 0 Å². The van der Waals surface area contributed by atoms with Crippen LogP contribution in [-0.2, 0) is 11.3 Å². The van der Waals surface area contributed by atoms with E-state index in [9.17, 15) is 4.79 Å². The van der Waals surface area contributed by atoms with Gasteiger partial charge in [0.15, 0.2) is 0 Å². The van der Waals surface area contributed by atoms with Gasteiger partial charge in [0, 0.05) is 24.4 Å². The van der Waals surface area contributed by atoms with Crippen LogP contribution in [0.25, 0.3) is 0 Å². The average Bonchev–Trinajstić information content (AvgIpc) is 2.69. The van der Waals surface area contributed by atoms with Crippen molar-refractivity contribution >= 4 is 17.2 Å². The maximum absolute atomic E-state index is 11.8.